The molecule has 0 aliphatic carbocycles. The van der Waals surface area contributed by atoms with Crippen LogP contribution in [0.3, 0.4) is 0 Å². The van der Waals surface area contributed by atoms with Gasteiger partial charge in [0.15, 0.2) is 0 Å². The third kappa shape index (κ3) is 5.29. The minimum absolute atomic E-state index is 0.345. The molecule has 1 aromatic rings. The Bertz CT molecular complexity index is 487. The van der Waals surface area contributed by atoms with Crippen LogP contribution in [0.15, 0.2) is 47.7 Å². The number of benzene rings is 1. The molecule has 4 heteroatoms. The Kier molecular flexibility index (Phi) is 5.67. The number of hydrogen-bond donors (Lipinski definition) is 1. The number of carbonyl (C=O) groups excluding carboxylic acids is 1. The topological polar surface area (TPSA) is 61.5 Å². The molecule has 0 heterocycles. The zero-order valence-corrected chi connectivity index (χ0v) is 11.5. The highest BCUT2D eigenvalue weighted by Gasteiger charge is 2.01. The molecule has 1 rings (SSSR count). The Balaban J connectivity index is 2.53. The lowest BCUT2D eigenvalue weighted by atomic mass is 10.2. The lowest BCUT2D eigenvalue weighted by Gasteiger charge is -2.06. The van der Waals surface area contributed by atoms with Gasteiger partial charge >= 0.3 is 5.97 Å². The number of hydrogen-bond acceptors (Lipinski definition) is 4. The zero-order chi connectivity index (χ0) is 14.3. The number of esters is 1. The molecule has 1 aromatic carbocycles. The summed E-state index contributed by atoms with van der Waals surface area (Å²) in [6.45, 7) is 3.99. The van der Waals surface area contributed by atoms with E-state index in [0.717, 1.165) is 17.0 Å². The molecule has 0 unspecified atom stereocenters. The molecule has 0 spiro atoms. The third-order valence-electron chi connectivity index (χ3n) is 2.52. The molecule has 0 fully saturated rings. The van der Waals surface area contributed by atoms with E-state index < -0.39 is 0 Å². The van der Waals surface area contributed by atoms with E-state index >= 15 is 0 Å². The van der Waals surface area contributed by atoms with Gasteiger partial charge in [-0.3, -0.25) is 0 Å². The van der Waals surface area contributed by atoms with E-state index in [0.29, 0.717) is 12.2 Å². The van der Waals surface area contributed by atoms with E-state index in [4.69, 9.17) is 10.5 Å². The van der Waals surface area contributed by atoms with Gasteiger partial charge in [-0.25, -0.2) is 4.79 Å². The van der Waals surface area contributed by atoms with Crippen LogP contribution in [0.5, 0.6) is 0 Å². The summed E-state index contributed by atoms with van der Waals surface area (Å²) in [5.41, 5.74) is 7.89. The van der Waals surface area contributed by atoms with Crippen molar-refractivity contribution in [1.82, 2.24) is 0 Å². The first-order valence-corrected chi connectivity index (χ1v) is 5.93. The summed E-state index contributed by atoms with van der Waals surface area (Å²) in [4.78, 5) is 11.2. The van der Waals surface area contributed by atoms with Gasteiger partial charge in [-0.1, -0.05) is 12.1 Å². The van der Waals surface area contributed by atoms with Crippen LogP contribution in [0.4, 0.5) is 5.69 Å². The van der Waals surface area contributed by atoms with Gasteiger partial charge in [-0.15, -0.1) is 0 Å². The first kappa shape index (κ1) is 14.8. The fraction of sp³-hybridized carbons (Fsp3) is 0.267. The van der Waals surface area contributed by atoms with Crippen LogP contribution in [0.2, 0.25) is 0 Å². The average molecular weight is 261 g/mol. The van der Waals surface area contributed by atoms with Crippen LogP contribution in [0, 0.1) is 0 Å². The molecule has 2 N–H and O–H groups in total. The molecule has 0 bridgehead atoms. The molecule has 0 amide bonds. The minimum Gasteiger partial charge on any atom is -0.494 e. The number of rotatable bonds is 5. The van der Waals surface area contributed by atoms with Crippen molar-refractivity contribution < 1.29 is 14.3 Å². The lowest BCUT2D eigenvalue weighted by molar-refractivity contribution is -0.136. The number of methoxy groups -OCH3 is 1. The number of nitrogen functional groups attached to an aromatic ring is 1. The maximum absolute atomic E-state index is 11.2. The van der Waals surface area contributed by atoms with E-state index in [2.05, 4.69) is 4.74 Å². The highest BCUT2D eigenvalue weighted by Crippen LogP contribution is 2.09. The molecule has 0 atom stereocenters. The summed E-state index contributed by atoms with van der Waals surface area (Å²) in [5, 5.41) is 0. The van der Waals surface area contributed by atoms with Crippen LogP contribution in [-0.2, 0) is 20.9 Å². The highest BCUT2D eigenvalue weighted by atomic mass is 16.5. The fourth-order valence-electron chi connectivity index (χ4n) is 1.33. The van der Waals surface area contributed by atoms with E-state index in [1.165, 1.54) is 7.11 Å². The Labute approximate surface area is 113 Å². The van der Waals surface area contributed by atoms with Crippen LogP contribution in [0.25, 0.3) is 0 Å². The third-order valence-corrected chi connectivity index (χ3v) is 2.52. The van der Waals surface area contributed by atoms with Crippen molar-refractivity contribution in [3.63, 3.8) is 0 Å². The van der Waals surface area contributed by atoms with Crippen molar-refractivity contribution in [1.29, 1.82) is 0 Å². The van der Waals surface area contributed by atoms with Crippen molar-refractivity contribution >= 4 is 11.7 Å². The Hall–Kier alpha value is -2.23. The maximum atomic E-state index is 11.2. The van der Waals surface area contributed by atoms with E-state index in [1.54, 1.807) is 19.1 Å². The summed E-state index contributed by atoms with van der Waals surface area (Å²) in [6, 6.07) is 7.49. The van der Waals surface area contributed by atoms with Crippen molar-refractivity contribution in [3.05, 3.63) is 53.3 Å². The van der Waals surface area contributed by atoms with Gasteiger partial charge in [-0.2, -0.15) is 0 Å². The van der Waals surface area contributed by atoms with Gasteiger partial charge in [0, 0.05) is 11.3 Å². The Morgan fingerprint density at radius 2 is 1.84 bits per heavy atom. The standard InChI is InChI=1S/C15H19NO3/c1-11(15(17)18-3)4-5-12(2)19-10-13-6-8-14(16)9-7-13/h4-9H,10,16H2,1-3H3/b11-4+,12-5+. The summed E-state index contributed by atoms with van der Waals surface area (Å²) < 4.78 is 10.2. The van der Waals surface area contributed by atoms with Gasteiger partial charge in [-0.05, 0) is 43.7 Å². The van der Waals surface area contributed by atoms with Crippen LogP contribution < -0.4 is 5.73 Å². The van der Waals surface area contributed by atoms with Gasteiger partial charge < -0.3 is 15.2 Å². The summed E-state index contributed by atoms with van der Waals surface area (Å²) >= 11 is 0. The molecule has 19 heavy (non-hydrogen) atoms. The second-order valence-electron chi connectivity index (χ2n) is 4.15. The predicted molar refractivity (Wildman–Crippen MR) is 75.2 cm³/mol. The smallest absolute Gasteiger partial charge is 0.333 e. The zero-order valence-electron chi connectivity index (χ0n) is 11.5. The molecule has 4 nitrogen and oxygen atoms in total. The first-order chi connectivity index (χ1) is 9.02. The number of nitrogens with two attached hydrogens (primary N) is 1. The summed E-state index contributed by atoms with van der Waals surface area (Å²) in [7, 11) is 1.36. The maximum Gasteiger partial charge on any atom is 0.333 e. The van der Waals surface area contributed by atoms with Crippen LogP contribution >= 0.6 is 0 Å². The van der Waals surface area contributed by atoms with Crippen molar-refractivity contribution in [2.75, 3.05) is 12.8 Å². The monoisotopic (exact) mass is 261 g/mol. The van der Waals surface area contributed by atoms with Crippen LogP contribution in [0.1, 0.15) is 19.4 Å². The first-order valence-electron chi connectivity index (χ1n) is 5.93. The molecule has 0 aromatic heterocycles. The molecule has 0 saturated carbocycles. The van der Waals surface area contributed by atoms with Crippen LogP contribution in [-0.4, -0.2) is 13.1 Å². The second kappa shape index (κ2) is 7.26. The second-order valence-corrected chi connectivity index (χ2v) is 4.15. The lowest BCUT2D eigenvalue weighted by Crippen LogP contribution is -2.00. The molecular weight excluding hydrogens is 242 g/mol. The number of allylic oxidation sites excluding steroid dienone is 3. The largest absolute Gasteiger partial charge is 0.494 e. The fourth-order valence-corrected chi connectivity index (χ4v) is 1.33. The summed E-state index contributed by atoms with van der Waals surface area (Å²) in [5.74, 6) is 0.377. The van der Waals surface area contributed by atoms with Crippen molar-refractivity contribution in [2.24, 2.45) is 0 Å². The molecular formula is C15H19NO3. The predicted octanol–water partition coefficient (Wildman–Crippen LogP) is 2.81. The SMILES string of the molecule is COC(=O)/C(C)=C/C=C(\C)OCc1ccc(N)cc1. The Morgan fingerprint density at radius 3 is 2.42 bits per heavy atom. The number of ether oxygens (including phenoxy) is 2. The van der Waals surface area contributed by atoms with Gasteiger partial charge in [0.1, 0.15) is 6.61 Å². The highest BCUT2D eigenvalue weighted by molar-refractivity contribution is 5.87. The van der Waals surface area contributed by atoms with Gasteiger partial charge in [0.05, 0.1) is 12.9 Å². The van der Waals surface area contributed by atoms with Gasteiger partial charge in [0.2, 0.25) is 0 Å². The van der Waals surface area contributed by atoms with Crippen molar-refractivity contribution in [3.8, 4) is 0 Å². The minimum atomic E-state index is -0.345. The van der Waals surface area contributed by atoms with E-state index in [-0.39, 0.29) is 5.97 Å². The molecule has 0 aliphatic rings. The molecule has 102 valence electrons. The molecule has 0 radical (unpaired) electrons. The van der Waals surface area contributed by atoms with Crippen molar-refractivity contribution in [2.45, 2.75) is 20.5 Å². The molecule has 0 saturated heterocycles. The number of anilines is 1. The van der Waals surface area contributed by atoms with E-state index in [1.807, 2.05) is 31.2 Å². The quantitative estimate of drug-likeness (QED) is 0.291. The summed E-state index contributed by atoms with van der Waals surface area (Å²) in [6.07, 6.45) is 3.41. The van der Waals surface area contributed by atoms with Gasteiger partial charge in [0.25, 0.3) is 0 Å². The van der Waals surface area contributed by atoms with E-state index in [9.17, 15) is 4.79 Å². The molecule has 0 aliphatic heterocycles. The average Bonchev–Trinajstić information content (AvgIpc) is 2.43. The number of carbonyl (C=O) groups is 1. The normalized spacial score (nSPS) is 12.2. The Morgan fingerprint density at radius 1 is 1.21 bits per heavy atom.